The average molecular weight is 328 g/mol. The van der Waals surface area contributed by atoms with Gasteiger partial charge in [-0.05, 0) is 37.2 Å². The zero-order valence-corrected chi connectivity index (χ0v) is 14.0. The van der Waals surface area contributed by atoms with Gasteiger partial charge in [-0.1, -0.05) is 30.3 Å². The Labute approximate surface area is 142 Å². The van der Waals surface area contributed by atoms with Gasteiger partial charge in [0.2, 0.25) is 5.88 Å². The smallest absolute Gasteiger partial charge is 0.322 e. The van der Waals surface area contributed by atoms with Crippen LogP contribution in [0.5, 0.6) is 5.88 Å². The Morgan fingerprint density at radius 2 is 2.08 bits per heavy atom. The maximum atomic E-state index is 12.3. The van der Waals surface area contributed by atoms with Gasteiger partial charge in [-0.25, -0.2) is 4.79 Å². The second-order valence-corrected chi connectivity index (χ2v) is 6.21. The molecule has 1 aliphatic rings. The molecule has 2 heterocycles. The van der Waals surface area contributed by atoms with E-state index >= 15 is 0 Å². The number of aromatic nitrogens is 2. The number of H-pyrrole nitrogens is 1. The van der Waals surface area contributed by atoms with Gasteiger partial charge in [0.05, 0.1) is 7.11 Å². The molecule has 2 aromatic rings. The monoisotopic (exact) mass is 328 g/mol. The zero-order chi connectivity index (χ0) is 16.8. The minimum Gasteiger partial charge on any atom is -0.480 e. The predicted molar refractivity (Wildman–Crippen MR) is 93.2 cm³/mol. The molecule has 1 aromatic heterocycles. The van der Waals surface area contributed by atoms with Crippen molar-refractivity contribution >= 4 is 11.8 Å². The summed E-state index contributed by atoms with van der Waals surface area (Å²) in [5.74, 6) is 1.72. The Morgan fingerprint density at radius 3 is 2.75 bits per heavy atom. The summed E-state index contributed by atoms with van der Waals surface area (Å²) >= 11 is 0. The van der Waals surface area contributed by atoms with E-state index in [2.05, 4.69) is 45.8 Å². The number of hydrogen-bond donors (Lipinski definition) is 2. The van der Waals surface area contributed by atoms with Crippen LogP contribution in [0.1, 0.15) is 24.8 Å². The van der Waals surface area contributed by atoms with Crippen LogP contribution < -0.4 is 10.1 Å². The fourth-order valence-corrected chi connectivity index (χ4v) is 3.11. The van der Waals surface area contributed by atoms with Crippen LogP contribution in [0.3, 0.4) is 0 Å². The molecule has 1 fully saturated rings. The molecule has 0 atom stereocenters. The van der Waals surface area contributed by atoms with Crippen molar-refractivity contribution in [1.82, 2.24) is 15.1 Å². The minimum atomic E-state index is -0.0807. The lowest BCUT2D eigenvalue weighted by Gasteiger charge is -2.31. The number of carbonyl (C=O) groups excluding carboxylic acids is 1. The first-order valence-corrected chi connectivity index (χ1v) is 8.44. The minimum absolute atomic E-state index is 0.0807. The van der Waals surface area contributed by atoms with Gasteiger partial charge in [0.25, 0.3) is 0 Å². The summed E-state index contributed by atoms with van der Waals surface area (Å²) in [5.41, 5.74) is 1.39. The molecule has 1 saturated heterocycles. The van der Waals surface area contributed by atoms with Gasteiger partial charge < -0.3 is 9.64 Å². The zero-order valence-electron chi connectivity index (χ0n) is 14.0. The maximum absolute atomic E-state index is 12.3. The van der Waals surface area contributed by atoms with Crippen LogP contribution in [0.25, 0.3) is 0 Å². The summed E-state index contributed by atoms with van der Waals surface area (Å²) in [6.45, 7) is 1.60. The number of rotatable bonds is 5. The van der Waals surface area contributed by atoms with E-state index in [1.165, 1.54) is 12.0 Å². The first kappa shape index (κ1) is 16.4. The number of nitrogens with zero attached hydrogens (tertiary/aromatic N) is 2. The topological polar surface area (TPSA) is 70.2 Å². The number of benzene rings is 1. The molecule has 0 spiro atoms. The van der Waals surface area contributed by atoms with Crippen molar-refractivity contribution in [2.75, 3.05) is 25.5 Å². The first-order chi connectivity index (χ1) is 11.7. The molecular weight excluding hydrogens is 304 g/mol. The molecule has 2 N–H and O–H groups in total. The predicted octanol–water partition coefficient (Wildman–Crippen LogP) is 3.30. The standard InChI is InChI=1S/C18H24N4O2/c1-24-17-13-16(20-21-17)19-18(23)22-11-9-15(10-12-22)8-7-14-5-3-2-4-6-14/h2-6,13,15H,7-12H2,1H3,(H2,19,20,21,23). The summed E-state index contributed by atoms with van der Waals surface area (Å²) in [5, 5.41) is 9.49. The Balaban J connectivity index is 1.42. The van der Waals surface area contributed by atoms with Crippen LogP contribution in [0, 0.1) is 5.92 Å². The second kappa shape index (κ2) is 7.86. The van der Waals surface area contributed by atoms with Gasteiger partial charge >= 0.3 is 6.03 Å². The fourth-order valence-electron chi connectivity index (χ4n) is 3.11. The molecule has 0 unspecified atom stereocenters. The van der Waals surface area contributed by atoms with Crippen LogP contribution in [0.15, 0.2) is 36.4 Å². The number of likely N-dealkylation sites (tertiary alicyclic amines) is 1. The third kappa shape index (κ3) is 4.28. The molecule has 0 saturated carbocycles. The second-order valence-electron chi connectivity index (χ2n) is 6.21. The van der Waals surface area contributed by atoms with E-state index < -0.39 is 0 Å². The lowest BCUT2D eigenvalue weighted by Crippen LogP contribution is -2.41. The molecule has 6 heteroatoms. The van der Waals surface area contributed by atoms with Gasteiger partial charge in [-0.2, -0.15) is 0 Å². The molecular formula is C18H24N4O2. The van der Waals surface area contributed by atoms with Crippen LogP contribution in [0.2, 0.25) is 0 Å². The molecule has 0 aliphatic carbocycles. The number of aromatic amines is 1. The number of aryl methyl sites for hydroxylation is 1. The summed E-state index contributed by atoms with van der Waals surface area (Å²) in [6, 6.07) is 12.2. The lowest BCUT2D eigenvalue weighted by atomic mass is 9.91. The SMILES string of the molecule is COc1cc(NC(=O)N2CCC(CCc3ccccc3)CC2)[nH]n1. The van der Waals surface area contributed by atoms with Gasteiger partial charge in [0.15, 0.2) is 0 Å². The average Bonchev–Trinajstić information content (AvgIpc) is 3.09. The van der Waals surface area contributed by atoms with Crippen molar-refractivity contribution < 1.29 is 9.53 Å². The molecule has 0 radical (unpaired) electrons. The van der Waals surface area contributed by atoms with Crippen molar-refractivity contribution in [3.63, 3.8) is 0 Å². The van der Waals surface area contributed by atoms with E-state index in [-0.39, 0.29) is 6.03 Å². The van der Waals surface area contributed by atoms with Crippen molar-refractivity contribution in [2.45, 2.75) is 25.7 Å². The fraction of sp³-hybridized carbons (Fsp3) is 0.444. The van der Waals surface area contributed by atoms with E-state index in [0.717, 1.165) is 32.4 Å². The highest BCUT2D eigenvalue weighted by molar-refractivity contribution is 5.88. The lowest BCUT2D eigenvalue weighted by molar-refractivity contribution is 0.180. The Hall–Kier alpha value is -2.50. The van der Waals surface area contributed by atoms with Crippen LogP contribution in [-0.4, -0.2) is 41.3 Å². The van der Waals surface area contributed by atoms with E-state index in [1.807, 2.05) is 4.90 Å². The summed E-state index contributed by atoms with van der Waals surface area (Å²) in [4.78, 5) is 14.1. The number of amides is 2. The highest BCUT2D eigenvalue weighted by atomic mass is 16.5. The van der Waals surface area contributed by atoms with Crippen molar-refractivity contribution in [3.05, 3.63) is 42.0 Å². The van der Waals surface area contributed by atoms with Crippen molar-refractivity contribution in [2.24, 2.45) is 5.92 Å². The van der Waals surface area contributed by atoms with Gasteiger partial charge in [0, 0.05) is 19.2 Å². The van der Waals surface area contributed by atoms with Crippen molar-refractivity contribution in [3.8, 4) is 5.88 Å². The molecule has 0 bridgehead atoms. The van der Waals surface area contributed by atoms with E-state index in [1.54, 1.807) is 13.2 Å². The van der Waals surface area contributed by atoms with Crippen LogP contribution >= 0.6 is 0 Å². The number of urea groups is 1. The molecule has 1 aliphatic heterocycles. The molecule has 1 aromatic carbocycles. The first-order valence-electron chi connectivity index (χ1n) is 8.44. The highest BCUT2D eigenvalue weighted by Gasteiger charge is 2.23. The third-order valence-corrected chi connectivity index (χ3v) is 4.59. The van der Waals surface area contributed by atoms with Gasteiger partial charge in [0.1, 0.15) is 5.82 Å². The van der Waals surface area contributed by atoms with Gasteiger partial charge in [-0.3, -0.25) is 10.4 Å². The number of carbonyl (C=O) groups is 1. The molecule has 3 rings (SSSR count). The summed E-state index contributed by atoms with van der Waals surface area (Å²) < 4.78 is 4.99. The highest BCUT2D eigenvalue weighted by Crippen LogP contribution is 2.23. The van der Waals surface area contributed by atoms with E-state index in [4.69, 9.17) is 4.74 Å². The summed E-state index contributed by atoms with van der Waals surface area (Å²) in [6.07, 6.45) is 4.43. The third-order valence-electron chi connectivity index (χ3n) is 4.59. The molecule has 128 valence electrons. The van der Waals surface area contributed by atoms with Crippen LogP contribution in [-0.2, 0) is 6.42 Å². The number of ether oxygens (including phenoxy) is 1. The molecule has 24 heavy (non-hydrogen) atoms. The number of piperidine rings is 1. The maximum Gasteiger partial charge on any atom is 0.322 e. The van der Waals surface area contributed by atoms with E-state index in [9.17, 15) is 4.79 Å². The largest absolute Gasteiger partial charge is 0.480 e. The van der Waals surface area contributed by atoms with Crippen molar-refractivity contribution in [1.29, 1.82) is 0 Å². The Kier molecular flexibility index (Phi) is 5.36. The number of hydrogen-bond acceptors (Lipinski definition) is 3. The van der Waals surface area contributed by atoms with Gasteiger partial charge in [-0.15, -0.1) is 5.10 Å². The molecule has 2 amide bonds. The number of methoxy groups -OCH3 is 1. The number of nitrogens with one attached hydrogen (secondary N) is 2. The summed E-state index contributed by atoms with van der Waals surface area (Å²) in [7, 11) is 1.54. The Bertz CT molecular complexity index is 648. The molecule has 6 nitrogen and oxygen atoms in total. The van der Waals surface area contributed by atoms with Crippen LogP contribution in [0.4, 0.5) is 10.6 Å². The normalized spacial score (nSPS) is 15.3. The van der Waals surface area contributed by atoms with E-state index in [0.29, 0.717) is 17.6 Å². The number of anilines is 1. The Morgan fingerprint density at radius 1 is 1.33 bits per heavy atom. The quantitative estimate of drug-likeness (QED) is 0.885.